The predicted octanol–water partition coefficient (Wildman–Crippen LogP) is 1.64. The fraction of sp³-hybridized carbons (Fsp3) is 0.467. The Kier molecular flexibility index (Phi) is 5.55. The van der Waals surface area contributed by atoms with Gasteiger partial charge in [0.05, 0.1) is 0 Å². The van der Waals surface area contributed by atoms with Crippen LogP contribution in [0.25, 0.3) is 0 Å². The number of rotatable bonds is 5. The Balaban J connectivity index is 2.92. The van der Waals surface area contributed by atoms with Gasteiger partial charge in [-0.05, 0) is 31.0 Å². The van der Waals surface area contributed by atoms with Crippen LogP contribution in [-0.2, 0) is 4.79 Å². The van der Waals surface area contributed by atoms with Crippen molar-refractivity contribution in [1.29, 1.82) is 0 Å². The molecule has 0 saturated heterocycles. The lowest BCUT2D eigenvalue weighted by atomic mass is 10.1. The SMILES string of the molecule is CCCN(CC(=O)N(C)C)C(=O)c1ccc(C)c(O)c1. The van der Waals surface area contributed by atoms with Crippen LogP contribution in [0.4, 0.5) is 0 Å². The number of likely N-dealkylation sites (N-methyl/N-ethyl adjacent to an activating group) is 1. The zero-order chi connectivity index (χ0) is 15.3. The minimum Gasteiger partial charge on any atom is -0.508 e. The molecule has 0 heterocycles. The summed E-state index contributed by atoms with van der Waals surface area (Å²) in [4.78, 5) is 27.1. The van der Waals surface area contributed by atoms with Crippen molar-refractivity contribution >= 4 is 11.8 Å². The van der Waals surface area contributed by atoms with E-state index in [1.165, 1.54) is 15.9 Å². The zero-order valence-electron chi connectivity index (χ0n) is 12.5. The molecule has 0 aliphatic heterocycles. The maximum Gasteiger partial charge on any atom is 0.254 e. The van der Waals surface area contributed by atoms with Crippen molar-refractivity contribution in [3.05, 3.63) is 29.3 Å². The molecule has 1 aromatic carbocycles. The molecule has 1 N–H and O–H groups in total. The first-order valence-electron chi connectivity index (χ1n) is 6.65. The van der Waals surface area contributed by atoms with Gasteiger partial charge in [0.15, 0.2) is 0 Å². The maximum atomic E-state index is 12.4. The van der Waals surface area contributed by atoms with Gasteiger partial charge in [0.25, 0.3) is 5.91 Å². The summed E-state index contributed by atoms with van der Waals surface area (Å²) in [6, 6.07) is 4.81. The number of hydrogen-bond donors (Lipinski definition) is 1. The van der Waals surface area contributed by atoms with E-state index in [1.807, 2.05) is 6.92 Å². The summed E-state index contributed by atoms with van der Waals surface area (Å²) in [5.74, 6) is -0.272. The number of hydrogen-bond acceptors (Lipinski definition) is 3. The van der Waals surface area contributed by atoms with E-state index < -0.39 is 0 Å². The average molecular weight is 278 g/mol. The standard InChI is InChI=1S/C15H22N2O3/c1-5-8-17(10-14(19)16(3)4)15(20)12-7-6-11(2)13(18)9-12/h6-7,9,18H,5,8,10H2,1-4H3. The van der Waals surface area contributed by atoms with Gasteiger partial charge < -0.3 is 14.9 Å². The van der Waals surface area contributed by atoms with Crippen LogP contribution in [-0.4, -0.2) is 53.9 Å². The molecule has 0 aliphatic rings. The monoisotopic (exact) mass is 278 g/mol. The highest BCUT2D eigenvalue weighted by Gasteiger charge is 2.19. The van der Waals surface area contributed by atoms with E-state index in [0.29, 0.717) is 17.7 Å². The zero-order valence-corrected chi connectivity index (χ0v) is 12.5. The van der Waals surface area contributed by atoms with Crippen molar-refractivity contribution in [1.82, 2.24) is 9.80 Å². The second kappa shape index (κ2) is 6.93. The van der Waals surface area contributed by atoms with Crippen LogP contribution >= 0.6 is 0 Å². The average Bonchev–Trinajstić information content (AvgIpc) is 2.40. The van der Waals surface area contributed by atoms with Crippen LogP contribution in [0.15, 0.2) is 18.2 Å². The molecule has 0 atom stereocenters. The van der Waals surface area contributed by atoms with Crippen LogP contribution in [0.2, 0.25) is 0 Å². The third kappa shape index (κ3) is 3.98. The molecule has 0 unspecified atom stereocenters. The van der Waals surface area contributed by atoms with Crippen molar-refractivity contribution in [3.63, 3.8) is 0 Å². The lowest BCUT2D eigenvalue weighted by Gasteiger charge is -2.23. The first-order valence-corrected chi connectivity index (χ1v) is 6.65. The van der Waals surface area contributed by atoms with E-state index >= 15 is 0 Å². The Labute approximate surface area is 119 Å². The Bertz CT molecular complexity index is 498. The van der Waals surface area contributed by atoms with Gasteiger partial charge in [0.1, 0.15) is 12.3 Å². The Morgan fingerprint density at radius 1 is 1.25 bits per heavy atom. The molecule has 0 fully saturated rings. The summed E-state index contributed by atoms with van der Waals surface area (Å²) in [6.45, 7) is 4.28. The fourth-order valence-electron chi connectivity index (χ4n) is 1.75. The molecule has 0 bridgehead atoms. The first kappa shape index (κ1) is 16.0. The van der Waals surface area contributed by atoms with Crippen LogP contribution < -0.4 is 0 Å². The van der Waals surface area contributed by atoms with Crippen molar-refractivity contribution in [2.24, 2.45) is 0 Å². The molecule has 110 valence electrons. The molecule has 20 heavy (non-hydrogen) atoms. The summed E-state index contributed by atoms with van der Waals surface area (Å²) in [6.07, 6.45) is 0.768. The molecule has 5 heteroatoms. The topological polar surface area (TPSA) is 60.9 Å². The van der Waals surface area contributed by atoms with Crippen molar-refractivity contribution < 1.29 is 14.7 Å². The number of phenolic OH excluding ortho intramolecular Hbond substituents is 1. The van der Waals surface area contributed by atoms with Crippen molar-refractivity contribution in [2.45, 2.75) is 20.3 Å². The lowest BCUT2D eigenvalue weighted by molar-refractivity contribution is -0.129. The Morgan fingerprint density at radius 2 is 1.90 bits per heavy atom. The normalized spacial score (nSPS) is 10.2. The smallest absolute Gasteiger partial charge is 0.254 e. The second-order valence-electron chi connectivity index (χ2n) is 5.02. The van der Waals surface area contributed by atoms with E-state index in [9.17, 15) is 14.7 Å². The lowest BCUT2D eigenvalue weighted by Crippen LogP contribution is -2.40. The van der Waals surface area contributed by atoms with Gasteiger partial charge in [-0.25, -0.2) is 0 Å². The van der Waals surface area contributed by atoms with Gasteiger partial charge in [-0.15, -0.1) is 0 Å². The molecule has 1 rings (SSSR count). The fourth-order valence-corrected chi connectivity index (χ4v) is 1.75. The molecule has 0 saturated carbocycles. The van der Waals surface area contributed by atoms with Crippen LogP contribution in [0, 0.1) is 6.92 Å². The number of amides is 2. The second-order valence-corrected chi connectivity index (χ2v) is 5.02. The quantitative estimate of drug-likeness (QED) is 0.890. The minimum absolute atomic E-state index is 0.0499. The molecule has 1 aromatic rings. The number of aromatic hydroxyl groups is 1. The maximum absolute atomic E-state index is 12.4. The van der Waals surface area contributed by atoms with Gasteiger partial charge in [-0.2, -0.15) is 0 Å². The van der Waals surface area contributed by atoms with Crippen LogP contribution in [0.3, 0.4) is 0 Å². The Morgan fingerprint density at radius 3 is 2.40 bits per heavy atom. The number of benzene rings is 1. The number of carbonyl (C=O) groups is 2. The van der Waals surface area contributed by atoms with Gasteiger partial charge in [0.2, 0.25) is 5.91 Å². The first-order chi connectivity index (χ1) is 9.36. The number of nitrogens with zero attached hydrogens (tertiary/aromatic N) is 2. The molecule has 2 amide bonds. The summed E-state index contributed by atoms with van der Waals surface area (Å²) in [7, 11) is 3.32. The third-order valence-electron chi connectivity index (χ3n) is 3.06. The molecular formula is C15H22N2O3. The van der Waals surface area contributed by atoms with Gasteiger partial charge in [-0.1, -0.05) is 13.0 Å². The van der Waals surface area contributed by atoms with Crippen LogP contribution in [0.1, 0.15) is 29.3 Å². The van der Waals surface area contributed by atoms with E-state index in [-0.39, 0.29) is 24.1 Å². The van der Waals surface area contributed by atoms with Crippen LogP contribution in [0.5, 0.6) is 5.75 Å². The van der Waals surface area contributed by atoms with E-state index in [1.54, 1.807) is 33.2 Å². The largest absolute Gasteiger partial charge is 0.508 e. The van der Waals surface area contributed by atoms with E-state index in [0.717, 1.165) is 6.42 Å². The van der Waals surface area contributed by atoms with Gasteiger partial charge in [0, 0.05) is 26.2 Å². The van der Waals surface area contributed by atoms with E-state index in [4.69, 9.17) is 0 Å². The summed E-state index contributed by atoms with van der Waals surface area (Å²) in [5.41, 5.74) is 1.11. The van der Waals surface area contributed by atoms with Gasteiger partial charge in [-0.3, -0.25) is 9.59 Å². The van der Waals surface area contributed by atoms with E-state index in [2.05, 4.69) is 0 Å². The molecule has 0 aliphatic carbocycles. The summed E-state index contributed by atoms with van der Waals surface area (Å²) < 4.78 is 0. The minimum atomic E-state index is -0.239. The summed E-state index contributed by atoms with van der Waals surface area (Å²) in [5, 5.41) is 9.68. The highest BCUT2D eigenvalue weighted by Crippen LogP contribution is 2.18. The number of carbonyl (C=O) groups excluding carboxylic acids is 2. The highest BCUT2D eigenvalue weighted by atomic mass is 16.3. The third-order valence-corrected chi connectivity index (χ3v) is 3.06. The van der Waals surface area contributed by atoms with Crippen molar-refractivity contribution in [2.75, 3.05) is 27.2 Å². The highest BCUT2D eigenvalue weighted by molar-refractivity contribution is 5.96. The molecule has 0 spiro atoms. The molecule has 0 aromatic heterocycles. The summed E-state index contributed by atoms with van der Waals surface area (Å²) >= 11 is 0. The predicted molar refractivity (Wildman–Crippen MR) is 77.7 cm³/mol. The van der Waals surface area contributed by atoms with Gasteiger partial charge >= 0.3 is 0 Å². The molecule has 5 nitrogen and oxygen atoms in total. The molecular weight excluding hydrogens is 256 g/mol. The number of phenols is 1. The number of aryl methyl sites for hydroxylation is 1. The Hall–Kier alpha value is -2.04. The van der Waals surface area contributed by atoms with Crippen molar-refractivity contribution in [3.8, 4) is 5.75 Å². The molecule has 0 radical (unpaired) electrons.